The van der Waals surface area contributed by atoms with E-state index in [1.165, 1.54) is 12.3 Å². The molecule has 0 spiro atoms. The molecule has 0 fully saturated rings. The maximum Gasteiger partial charge on any atom is 0.267 e. The Morgan fingerprint density at radius 1 is 1.16 bits per heavy atom. The number of aryl methyl sites for hydroxylation is 1. The molecule has 2 rings (SSSR count). The van der Waals surface area contributed by atoms with E-state index in [0.717, 1.165) is 5.56 Å². The van der Waals surface area contributed by atoms with Gasteiger partial charge < -0.3 is 20.0 Å². The number of likely N-dealkylation sites (N-methyl/N-ethyl adjacent to an activating group) is 1. The molecule has 2 amide bonds. The highest BCUT2D eigenvalue weighted by Crippen LogP contribution is 2.08. The van der Waals surface area contributed by atoms with E-state index in [2.05, 4.69) is 10.6 Å². The number of furan rings is 1. The highest BCUT2D eigenvalue weighted by molar-refractivity contribution is 6.05. The van der Waals surface area contributed by atoms with E-state index in [1.54, 1.807) is 24.3 Å². The van der Waals surface area contributed by atoms with E-state index in [1.807, 2.05) is 38.1 Å². The second-order valence-corrected chi connectivity index (χ2v) is 5.95. The first-order chi connectivity index (χ1) is 12.0. The van der Waals surface area contributed by atoms with E-state index in [4.69, 9.17) is 4.42 Å². The summed E-state index contributed by atoms with van der Waals surface area (Å²) in [4.78, 5) is 26.8. The van der Waals surface area contributed by atoms with Gasteiger partial charge in [-0.1, -0.05) is 17.7 Å². The van der Waals surface area contributed by atoms with Crippen molar-refractivity contribution in [3.63, 3.8) is 0 Å². The fourth-order valence-corrected chi connectivity index (χ4v) is 2.06. The predicted molar refractivity (Wildman–Crippen MR) is 96.9 cm³/mol. The fourth-order valence-electron chi connectivity index (χ4n) is 2.06. The van der Waals surface area contributed by atoms with Crippen LogP contribution in [0.4, 0.5) is 0 Å². The molecule has 1 aromatic heterocycles. The molecule has 0 aliphatic rings. The molecule has 0 aliphatic heterocycles. The van der Waals surface area contributed by atoms with Gasteiger partial charge in [0.15, 0.2) is 0 Å². The van der Waals surface area contributed by atoms with Gasteiger partial charge in [0, 0.05) is 24.7 Å². The van der Waals surface area contributed by atoms with Gasteiger partial charge in [0.1, 0.15) is 11.5 Å². The minimum atomic E-state index is -0.362. The van der Waals surface area contributed by atoms with Crippen LogP contribution in [0.15, 0.2) is 52.8 Å². The first-order valence-electron chi connectivity index (χ1n) is 8.02. The number of nitrogens with one attached hydrogen (secondary N) is 2. The van der Waals surface area contributed by atoms with Crippen LogP contribution in [-0.4, -0.2) is 43.9 Å². The average Bonchev–Trinajstić information content (AvgIpc) is 3.07. The van der Waals surface area contributed by atoms with Crippen molar-refractivity contribution in [2.75, 3.05) is 27.2 Å². The lowest BCUT2D eigenvalue weighted by molar-refractivity contribution is -0.117. The molecular formula is C19H23N3O3. The van der Waals surface area contributed by atoms with Crippen LogP contribution in [0.25, 0.3) is 6.08 Å². The minimum absolute atomic E-state index is 0.138. The van der Waals surface area contributed by atoms with Crippen molar-refractivity contribution in [2.45, 2.75) is 6.92 Å². The zero-order chi connectivity index (χ0) is 18.2. The zero-order valence-corrected chi connectivity index (χ0v) is 14.7. The molecule has 1 heterocycles. The van der Waals surface area contributed by atoms with Crippen molar-refractivity contribution in [3.8, 4) is 0 Å². The third-order valence-electron chi connectivity index (χ3n) is 3.48. The van der Waals surface area contributed by atoms with Gasteiger partial charge in [0.25, 0.3) is 11.8 Å². The number of hydrogen-bond acceptors (Lipinski definition) is 4. The SMILES string of the molecule is Cc1ccc(C(=O)NC(=Cc2ccco2)C(=O)NCCN(C)C)cc1. The van der Waals surface area contributed by atoms with Crippen LogP contribution < -0.4 is 10.6 Å². The summed E-state index contributed by atoms with van der Waals surface area (Å²) in [6, 6.07) is 10.6. The van der Waals surface area contributed by atoms with E-state index >= 15 is 0 Å². The number of carbonyl (C=O) groups excluding carboxylic acids is 2. The van der Waals surface area contributed by atoms with Gasteiger partial charge in [-0.3, -0.25) is 9.59 Å². The van der Waals surface area contributed by atoms with Crippen LogP contribution in [-0.2, 0) is 4.79 Å². The molecule has 132 valence electrons. The molecule has 6 nitrogen and oxygen atoms in total. The first kappa shape index (κ1) is 18.5. The molecular weight excluding hydrogens is 318 g/mol. The number of benzene rings is 1. The Morgan fingerprint density at radius 3 is 2.48 bits per heavy atom. The average molecular weight is 341 g/mol. The van der Waals surface area contributed by atoms with Gasteiger partial charge in [-0.15, -0.1) is 0 Å². The van der Waals surface area contributed by atoms with Crippen LogP contribution in [0.5, 0.6) is 0 Å². The predicted octanol–water partition coefficient (Wildman–Crippen LogP) is 2.04. The number of amides is 2. The highest BCUT2D eigenvalue weighted by atomic mass is 16.3. The molecule has 2 aromatic rings. The summed E-state index contributed by atoms with van der Waals surface area (Å²) in [6.07, 6.45) is 3.02. The summed E-state index contributed by atoms with van der Waals surface area (Å²) < 4.78 is 5.24. The van der Waals surface area contributed by atoms with Crippen LogP contribution in [0.2, 0.25) is 0 Å². The highest BCUT2D eigenvalue weighted by Gasteiger charge is 2.15. The quantitative estimate of drug-likeness (QED) is 0.756. The molecule has 0 aliphatic carbocycles. The first-order valence-corrected chi connectivity index (χ1v) is 8.02. The lowest BCUT2D eigenvalue weighted by Crippen LogP contribution is -2.37. The fraction of sp³-hybridized carbons (Fsp3) is 0.263. The van der Waals surface area contributed by atoms with Gasteiger partial charge >= 0.3 is 0 Å². The smallest absolute Gasteiger partial charge is 0.267 e. The van der Waals surface area contributed by atoms with Crippen LogP contribution in [0.1, 0.15) is 21.7 Å². The monoisotopic (exact) mass is 341 g/mol. The number of hydrogen-bond donors (Lipinski definition) is 2. The van der Waals surface area contributed by atoms with Crippen molar-refractivity contribution in [1.29, 1.82) is 0 Å². The Kier molecular flexibility index (Phi) is 6.54. The van der Waals surface area contributed by atoms with Crippen molar-refractivity contribution in [2.24, 2.45) is 0 Å². The molecule has 0 bridgehead atoms. The molecule has 0 atom stereocenters. The van der Waals surface area contributed by atoms with Crippen molar-refractivity contribution < 1.29 is 14.0 Å². The zero-order valence-electron chi connectivity index (χ0n) is 14.7. The van der Waals surface area contributed by atoms with Crippen LogP contribution >= 0.6 is 0 Å². The van der Waals surface area contributed by atoms with Crippen molar-refractivity contribution in [3.05, 3.63) is 65.2 Å². The summed E-state index contributed by atoms with van der Waals surface area (Å²) in [5.74, 6) is -0.221. The van der Waals surface area contributed by atoms with Crippen molar-refractivity contribution >= 4 is 17.9 Å². The maximum absolute atomic E-state index is 12.4. The Labute approximate surface area is 147 Å². The molecule has 1 aromatic carbocycles. The van der Waals surface area contributed by atoms with E-state index < -0.39 is 0 Å². The van der Waals surface area contributed by atoms with E-state index in [-0.39, 0.29) is 17.5 Å². The molecule has 0 saturated carbocycles. The second-order valence-electron chi connectivity index (χ2n) is 5.95. The minimum Gasteiger partial charge on any atom is -0.465 e. The van der Waals surface area contributed by atoms with Gasteiger partial charge in [0.2, 0.25) is 0 Å². The van der Waals surface area contributed by atoms with Crippen LogP contribution in [0, 0.1) is 6.92 Å². The second kappa shape index (κ2) is 8.84. The summed E-state index contributed by atoms with van der Waals surface area (Å²) in [5, 5.41) is 5.45. The summed E-state index contributed by atoms with van der Waals surface area (Å²) in [5.41, 5.74) is 1.68. The molecule has 0 unspecified atom stereocenters. The summed E-state index contributed by atoms with van der Waals surface area (Å²) in [7, 11) is 3.84. The largest absolute Gasteiger partial charge is 0.465 e. The molecule has 25 heavy (non-hydrogen) atoms. The Bertz CT molecular complexity index is 732. The van der Waals surface area contributed by atoms with Crippen molar-refractivity contribution in [1.82, 2.24) is 15.5 Å². The standard InChI is InChI=1S/C19H23N3O3/c1-14-6-8-15(9-7-14)18(23)21-17(13-16-5-4-12-25-16)19(24)20-10-11-22(2)3/h4-9,12-13H,10-11H2,1-3H3,(H,20,24)(H,21,23). The lowest BCUT2D eigenvalue weighted by atomic mass is 10.1. The van der Waals surface area contributed by atoms with Gasteiger partial charge in [-0.25, -0.2) is 0 Å². The third-order valence-corrected chi connectivity index (χ3v) is 3.48. The van der Waals surface area contributed by atoms with Gasteiger partial charge in [-0.05, 0) is 45.3 Å². The van der Waals surface area contributed by atoms with Crippen LogP contribution in [0.3, 0.4) is 0 Å². The van der Waals surface area contributed by atoms with E-state index in [0.29, 0.717) is 24.4 Å². The molecule has 6 heteroatoms. The number of nitrogens with zero attached hydrogens (tertiary/aromatic N) is 1. The number of carbonyl (C=O) groups is 2. The third kappa shape index (κ3) is 5.93. The topological polar surface area (TPSA) is 74.6 Å². The summed E-state index contributed by atoms with van der Waals surface area (Å²) >= 11 is 0. The molecule has 0 saturated heterocycles. The van der Waals surface area contributed by atoms with Gasteiger partial charge in [-0.2, -0.15) is 0 Å². The van der Waals surface area contributed by atoms with E-state index in [9.17, 15) is 9.59 Å². The Morgan fingerprint density at radius 2 is 1.88 bits per heavy atom. The Hall–Kier alpha value is -2.86. The molecule has 0 radical (unpaired) electrons. The lowest BCUT2D eigenvalue weighted by Gasteiger charge is -2.13. The Balaban J connectivity index is 2.12. The number of rotatable bonds is 7. The van der Waals surface area contributed by atoms with Gasteiger partial charge in [0.05, 0.1) is 6.26 Å². The normalized spacial score (nSPS) is 11.4. The molecule has 2 N–H and O–H groups in total. The summed E-state index contributed by atoms with van der Waals surface area (Å²) in [6.45, 7) is 3.12. The maximum atomic E-state index is 12.4.